The summed E-state index contributed by atoms with van der Waals surface area (Å²) in [5.41, 5.74) is -13.9. The molecule has 32 heavy (non-hydrogen) atoms. The summed E-state index contributed by atoms with van der Waals surface area (Å²) in [7, 11) is 2.16. The van der Waals surface area contributed by atoms with E-state index in [-0.39, 0.29) is 0 Å². The molecular weight excluding hydrogens is 462 g/mol. The van der Waals surface area contributed by atoms with E-state index in [9.17, 15) is 45.5 Å². The van der Waals surface area contributed by atoms with E-state index in [4.69, 9.17) is 0 Å². The van der Waals surface area contributed by atoms with Crippen molar-refractivity contribution in [2.24, 2.45) is 16.4 Å². The summed E-state index contributed by atoms with van der Waals surface area (Å²) in [6.45, 7) is 0. The number of ether oxygens (including phenoxy) is 4. The summed E-state index contributed by atoms with van der Waals surface area (Å²) < 4.78 is 104. The Balaban J connectivity index is 3.28. The molecule has 3 atom stereocenters. The van der Waals surface area contributed by atoms with Crippen LogP contribution >= 0.6 is 0 Å². The van der Waals surface area contributed by atoms with Crippen LogP contribution in [0.2, 0.25) is 0 Å². The lowest BCUT2D eigenvalue weighted by atomic mass is 9.62. The highest BCUT2D eigenvalue weighted by atomic mass is 19.4. The molecule has 0 aromatic carbocycles. The Labute approximate surface area is 174 Å². The van der Waals surface area contributed by atoms with Gasteiger partial charge in [0.05, 0.1) is 39.6 Å². The zero-order valence-corrected chi connectivity index (χ0v) is 16.6. The number of rotatable bonds is 4. The van der Waals surface area contributed by atoms with Gasteiger partial charge >= 0.3 is 36.2 Å². The molecule has 0 aromatic rings. The second kappa shape index (κ2) is 7.67. The van der Waals surface area contributed by atoms with Crippen LogP contribution in [0.3, 0.4) is 0 Å². The summed E-state index contributed by atoms with van der Waals surface area (Å²) in [5.74, 6) is -11.3. The molecule has 16 heteroatoms. The molecule has 0 amide bonds. The van der Waals surface area contributed by atoms with Gasteiger partial charge in [-0.2, -0.15) is 31.4 Å². The number of hydrazone groups is 1. The molecule has 1 N–H and O–H groups in total. The van der Waals surface area contributed by atoms with E-state index >= 15 is 0 Å². The van der Waals surface area contributed by atoms with Crippen LogP contribution in [0.25, 0.3) is 0 Å². The molecule has 10 nitrogen and oxygen atoms in total. The van der Waals surface area contributed by atoms with Crippen LogP contribution in [-0.2, 0) is 38.1 Å². The first-order chi connectivity index (χ1) is 14.6. The smallest absolute Gasteiger partial charge is 0.415 e. The third-order valence-corrected chi connectivity index (χ3v) is 5.14. The van der Waals surface area contributed by atoms with Crippen molar-refractivity contribution < 1.29 is 64.5 Å². The fourth-order valence-corrected chi connectivity index (χ4v) is 4.00. The van der Waals surface area contributed by atoms with Crippen LogP contribution in [0.5, 0.6) is 0 Å². The number of hydrogen-bond acceptors (Lipinski definition) is 10. The minimum absolute atomic E-state index is 0.506. The highest BCUT2D eigenvalue weighted by molar-refractivity contribution is 6.42. The third kappa shape index (κ3) is 2.77. The number of fused-ring (bicyclic) bond motifs is 1. The van der Waals surface area contributed by atoms with Gasteiger partial charge in [-0.1, -0.05) is 0 Å². The van der Waals surface area contributed by atoms with Gasteiger partial charge in [-0.05, 0) is 0 Å². The number of alkyl halides is 6. The van der Waals surface area contributed by atoms with E-state index in [0.29, 0.717) is 28.4 Å². The summed E-state index contributed by atoms with van der Waals surface area (Å²) in [6.07, 6.45) is -12.3. The summed E-state index contributed by atoms with van der Waals surface area (Å²) in [5, 5.41) is 2.87. The molecule has 2 aliphatic rings. The fraction of sp³-hybridized carbons (Fsp3) is 0.562. The maximum atomic E-state index is 14.7. The Morgan fingerprint density at radius 1 is 0.812 bits per heavy atom. The van der Waals surface area contributed by atoms with Crippen LogP contribution in [0.1, 0.15) is 0 Å². The SMILES string of the molecule is COC(=O)C1=NNC2(C(F)(F)F)C(C(=O)OC)C(C(=O)OC)=C(C(=O)OC)C12C(F)(F)F. The molecule has 0 fully saturated rings. The van der Waals surface area contributed by atoms with Crippen molar-refractivity contribution in [1.29, 1.82) is 0 Å². The van der Waals surface area contributed by atoms with Crippen LogP contribution in [0.4, 0.5) is 26.3 Å². The molecular formula is C16H14F6N2O8. The van der Waals surface area contributed by atoms with E-state index in [1.165, 1.54) is 0 Å². The third-order valence-electron chi connectivity index (χ3n) is 5.14. The summed E-state index contributed by atoms with van der Waals surface area (Å²) in [6, 6.07) is 0. The van der Waals surface area contributed by atoms with Crippen molar-refractivity contribution in [3.63, 3.8) is 0 Å². The lowest BCUT2D eigenvalue weighted by Gasteiger charge is -2.44. The first kappa shape index (κ1) is 24.9. The van der Waals surface area contributed by atoms with E-state index in [0.717, 1.165) is 5.43 Å². The quantitative estimate of drug-likeness (QED) is 0.349. The van der Waals surface area contributed by atoms with Crippen LogP contribution < -0.4 is 5.43 Å². The predicted octanol–water partition coefficient (Wildman–Crippen LogP) is 0.414. The van der Waals surface area contributed by atoms with Gasteiger partial charge in [0.25, 0.3) is 0 Å². The van der Waals surface area contributed by atoms with Crippen molar-refractivity contribution in [2.75, 3.05) is 28.4 Å². The van der Waals surface area contributed by atoms with Gasteiger partial charge in [-0.3, -0.25) is 10.2 Å². The Hall–Kier alpha value is -3.33. The largest absolute Gasteiger partial charge is 0.468 e. The first-order valence-electron chi connectivity index (χ1n) is 8.21. The number of halogens is 6. The maximum absolute atomic E-state index is 14.7. The van der Waals surface area contributed by atoms with E-state index in [2.05, 4.69) is 24.0 Å². The van der Waals surface area contributed by atoms with Gasteiger partial charge in [-0.15, -0.1) is 0 Å². The second-order valence-corrected chi connectivity index (χ2v) is 6.35. The average Bonchev–Trinajstić information content (AvgIpc) is 3.21. The van der Waals surface area contributed by atoms with Gasteiger partial charge in [0.2, 0.25) is 0 Å². The molecule has 0 radical (unpaired) electrons. The molecule has 178 valence electrons. The van der Waals surface area contributed by atoms with E-state index < -0.39 is 70.0 Å². The number of nitrogens with one attached hydrogen (secondary N) is 1. The molecule has 0 bridgehead atoms. The minimum atomic E-state index is -6.18. The molecule has 2 rings (SSSR count). The van der Waals surface area contributed by atoms with Gasteiger partial charge in [-0.25, -0.2) is 14.4 Å². The Bertz CT molecular complexity index is 940. The van der Waals surface area contributed by atoms with Gasteiger partial charge in [0.1, 0.15) is 5.92 Å². The standard InChI is InChI=1S/C16H14F6N2O8/c1-29-9(25)5-6(10(26)30-2)13(15(17,18)19)8(12(28)32-4)23-24-14(13,16(20,21)22)7(5)11(27)31-3/h7,24H,1-4H3. The molecule has 1 heterocycles. The maximum Gasteiger partial charge on any atom is 0.415 e. The topological polar surface area (TPSA) is 130 Å². The number of carbonyl (C=O) groups is 4. The minimum Gasteiger partial charge on any atom is -0.468 e. The predicted molar refractivity (Wildman–Crippen MR) is 86.4 cm³/mol. The second-order valence-electron chi connectivity index (χ2n) is 6.35. The molecule has 0 saturated carbocycles. The fourth-order valence-electron chi connectivity index (χ4n) is 4.00. The van der Waals surface area contributed by atoms with Crippen LogP contribution in [0, 0.1) is 11.3 Å². The van der Waals surface area contributed by atoms with E-state index in [1.54, 1.807) is 0 Å². The number of nitrogens with zero attached hydrogens (tertiary/aromatic N) is 1. The average molecular weight is 476 g/mol. The van der Waals surface area contributed by atoms with E-state index in [1.807, 2.05) is 0 Å². The number of carbonyl (C=O) groups excluding carboxylic acids is 4. The zero-order valence-electron chi connectivity index (χ0n) is 16.6. The van der Waals surface area contributed by atoms with Gasteiger partial charge in [0, 0.05) is 0 Å². The Kier molecular flexibility index (Phi) is 5.97. The van der Waals surface area contributed by atoms with Crippen LogP contribution in [0.15, 0.2) is 16.2 Å². The van der Waals surface area contributed by atoms with Gasteiger partial charge in [0.15, 0.2) is 16.7 Å². The van der Waals surface area contributed by atoms with Crippen molar-refractivity contribution in [2.45, 2.75) is 17.9 Å². The molecule has 0 saturated heterocycles. The number of methoxy groups -OCH3 is 4. The molecule has 0 spiro atoms. The highest BCUT2D eigenvalue weighted by Gasteiger charge is 2.91. The summed E-state index contributed by atoms with van der Waals surface area (Å²) >= 11 is 0. The molecule has 3 unspecified atom stereocenters. The lowest BCUT2D eigenvalue weighted by molar-refractivity contribution is -0.281. The Morgan fingerprint density at radius 3 is 1.69 bits per heavy atom. The summed E-state index contributed by atoms with van der Waals surface area (Å²) in [4.78, 5) is 49.4. The molecule has 1 aliphatic carbocycles. The highest BCUT2D eigenvalue weighted by Crippen LogP contribution is 2.68. The van der Waals surface area contributed by atoms with Crippen molar-refractivity contribution in [3.8, 4) is 0 Å². The first-order valence-corrected chi connectivity index (χ1v) is 8.21. The van der Waals surface area contributed by atoms with Crippen molar-refractivity contribution in [1.82, 2.24) is 5.43 Å². The Morgan fingerprint density at radius 2 is 1.31 bits per heavy atom. The zero-order chi connectivity index (χ0) is 24.9. The number of esters is 4. The van der Waals surface area contributed by atoms with Gasteiger partial charge < -0.3 is 18.9 Å². The lowest BCUT2D eigenvalue weighted by Crippen LogP contribution is -2.72. The van der Waals surface area contributed by atoms with Crippen molar-refractivity contribution >= 4 is 29.6 Å². The normalized spacial score (nSPS) is 27.2. The molecule has 1 aliphatic heterocycles. The van der Waals surface area contributed by atoms with Crippen molar-refractivity contribution in [3.05, 3.63) is 11.1 Å². The number of hydrogen-bond donors (Lipinski definition) is 1. The van der Waals surface area contributed by atoms with Crippen LogP contribution in [-0.4, -0.2) is 75.9 Å². The molecule has 0 aromatic heterocycles. The monoisotopic (exact) mass is 476 g/mol.